The highest BCUT2D eigenvalue weighted by atomic mass is 19.1. The van der Waals surface area contributed by atoms with E-state index in [0.29, 0.717) is 22.8 Å². The highest BCUT2D eigenvalue weighted by molar-refractivity contribution is 5.95. The highest BCUT2D eigenvalue weighted by Crippen LogP contribution is 2.16. The lowest BCUT2D eigenvalue weighted by Crippen LogP contribution is -1.88. The summed E-state index contributed by atoms with van der Waals surface area (Å²) in [5.74, 6) is -0.310. The third kappa shape index (κ3) is 1.28. The van der Waals surface area contributed by atoms with Crippen molar-refractivity contribution in [3.05, 3.63) is 42.0 Å². The molecule has 1 aromatic heterocycles. The first-order valence-electron chi connectivity index (χ1n) is 3.81. The third-order valence-electron chi connectivity index (χ3n) is 1.87. The second-order valence-electron chi connectivity index (χ2n) is 2.68. The van der Waals surface area contributed by atoms with Crippen LogP contribution in [0.1, 0.15) is 10.5 Å². The molecule has 0 radical (unpaired) electrons. The minimum absolute atomic E-state index is 0.310. The molecule has 64 valence electrons. The summed E-state index contributed by atoms with van der Waals surface area (Å²) in [6.45, 7) is 0. The van der Waals surface area contributed by atoms with Crippen molar-refractivity contribution in [1.29, 1.82) is 0 Å². The van der Waals surface area contributed by atoms with Gasteiger partial charge in [0.1, 0.15) is 11.5 Å². The summed E-state index contributed by atoms with van der Waals surface area (Å²) in [4.78, 5) is 14.4. The van der Waals surface area contributed by atoms with Gasteiger partial charge < -0.3 is 0 Å². The van der Waals surface area contributed by atoms with Gasteiger partial charge >= 0.3 is 0 Å². The fourth-order valence-corrected chi connectivity index (χ4v) is 1.27. The number of benzene rings is 1. The Morgan fingerprint density at radius 1 is 1.31 bits per heavy atom. The number of nitrogens with zero attached hydrogens (tertiary/aromatic N) is 1. The molecule has 0 bridgehead atoms. The number of fused-ring (bicyclic) bond motifs is 1. The van der Waals surface area contributed by atoms with E-state index in [9.17, 15) is 9.18 Å². The van der Waals surface area contributed by atoms with Gasteiger partial charge in [-0.15, -0.1) is 0 Å². The Labute approximate surface area is 74.0 Å². The summed E-state index contributed by atoms with van der Waals surface area (Å²) < 4.78 is 12.8. The van der Waals surface area contributed by atoms with Crippen LogP contribution in [-0.2, 0) is 0 Å². The molecule has 3 heteroatoms. The van der Waals surface area contributed by atoms with E-state index >= 15 is 0 Å². The van der Waals surface area contributed by atoms with Crippen molar-refractivity contribution in [3.63, 3.8) is 0 Å². The minimum Gasteiger partial charge on any atom is -0.296 e. The first kappa shape index (κ1) is 7.86. The van der Waals surface area contributed by atoms with E-state index in [1.54, 1.807) is 12.1 Å². The van der Waals surface area contributed by atoms with Crippen molar-refractivity contribution < 1.29 is 9.18 Å². The number of halogens is 1. The van der Waals surface area contributed by atoms with Gasteiger partial charge in [0.2, 0.25) is 0 Å². The summed E-state index contributed by atoms with van der Waals surface area (Å²) in [6, 6.07) is 5.92. The minimum atomic E-state index is -0.310. The predicted molar refractivity (Wildman–Crippen MR) is 47.1 cm³/mol. The lowest BCUT2D eigenvalue weighted by molar-refractivity contribution is 0.112. The molecule has 0 aliphatic heterocycles. The van der Waals surface area contributed by atoms with Crippen LogP contribution < -0.4 is 0 Å². The zero-order valence-electron chi connectivity index (χ0n) is 6.70. The van der Waals surface area contributed by atoms with Gasteiger partial charge in [0.15, 0.2) is 6.29 Å². The number of aldehydes is 1. The second-order valence-corrected chi connectivity index (χ2v) is 2.68. The topological polar surface area (TPSA) is 30.0 Å². The zero-order chi connectivity index (χ0) is 9.26. The SMILES string of the molecule is O=Cc1nccc2cc(F)ccc12. The zero-order valence-corrected chi connectivity index (χ0v) is 6.70. The molecule has 2 rings (SSSR count). The van der Waals surface area contributed by atoms with E-state index in [-0.39, 0.29) is 5.82 Å². The number of pyridine rings is 1. The molecule has 0 saturated carbocycles. The van der Waals surface area contributed by atoms with Crippen LogP contribution in [0.5, 0.6) is 0 Å². The summed E-state index contributed by atoms with van der Waals surface area (Å²) >= 11 is 0. The molecular weight excluding hydrogens is 169 g/mol. The van der Waals surface area contributed by atoms with Gasteiger partial charge in [0, 0.05) is 11.6 Å². The number of rotatable bonds is 1. The van der Waals surface area contributed by atoms with Crippen LogP contribution >= 0.6 is 0 Å². The van der Waals surface area contributed by atoms with Gasteiger partial charge in [0.05, 0.1) is 0 Å². The van der Waals surface area contributed by atoms with E-state index in [2.05, 4.69) is 4.98 Å². The van der Waals surface area contributed by atoms with Crippen molar-refractivity contribution in [2.75, 3.05) is 0 Å². The van der Waals surface area contributed by atoms with E-state index < -0.39 is 0 Å². The summed E-state index contributed by atoms with van der Waals surface area (Å²) in [6.07, 6.45) is 2.16. The number of hydrogen-bond acceptors (Lipinski definition) is 2. The van der Waals surface area contributed by atoms with Crippen LogP contribution in [0.15, 0.2) is 30.5 Å². The Morgan fingerprint density at radius 2 is 2.15 bits per heavy atom. The molecule has 1 heterocycles. The number of aromatic nitrogens is 1. The average molecular weight is 175 g/mol. The molecule has 0 saturated heterocycles. The molecule has 13 heavy (non-hydrogen) atoms. The summed E-state index contributed by atoms with van der Waals surface area (Å²) in [5.41, 5.74) is 0.345. The second kappa shape index (κ2) is 2.94. The molecule has 0 atom stereocenters. The smallest absolute Gasteiger partial charge is 0.169 e. The number of hydrogen-bond donors (Lipinski definition) is 0. The van der Waals surface area contributed by atoms with Crippen molar-refractivity contribution in [1.82, 2.24) is 4.98 Å². The van der Waals surface area contributed by atoms with E-state index in [4.69, 9.17) is 0 Å². The fourth-order valence-electron chi connectivity index (χ4n) is 1.27. The maximum absolute atomic E-state index is 12.8. The molecule has 0 aliphatic carbocycles. The maximum Gasteiger partial charge on any atom is 0.169 e. The quantitative estimate of drug-likeness (QED) is 0.622. The van der Waals surface area contributed by atoms with Crippen LogP contribution in [0.25, 0.3) is 10.8 Å². The molecule has 0 amide bonds. The van der Waals surface area contributed by atoms with Gasteiger partial charge in [-0.3, -0.25) is 9.78 Å². The predicted octanol–water partition coefficient (Wildman–Crippen LogP) is 2.19. The largest absolute Gasteiger partial charge is 0.296 e. The Bertz CT molecular complexity index is 467. The van der Waals surface area contributed by atoms with Crippen LogP contribution in [0.2, 0.25) is 0 Å². The monoisotopic (exact) mass is 175 g/mol. The van der Waals surface area contributed by atoms with Crippen molar-refractivity contribution in [2.24, 2.45) is 0 Å². The number of carbonyl (C=O) groups excluding carboxylic acids is 1. The van der Waals surface area contributed by atoms with E-state index in [1.807, 2.05) is 0 Å². The lowest BCUT2D eigenvalue weighted by atomic mass is 10.1. The summed E-state index contributed by atoms with van der Waals surface area (Å²) in [7, 11) is 0. The standard InChI is InChI=1S/C10H6FNO/c11-8-1-2-9-7(5-8)3-4-12-10(9)6-13/h1-6H. The average Bonchev–Trinajstić information content (AvgIpc) is 2.16. The van der Waals surface area contributed by atoms with Crippen LogP contribution in [0, 0.1) is 5.82 Å². The van der Waals surface area contributed by atoms with Crippen molar-refractivity contribution >= 4 is 17.1 Å². The molecular formula is C10H6FNO. The van der Waals surface area contributed by atoms with Gasteiger partial charge in [0.25, 0.3) is 0 Å². The Kier molecular flexibility index (Phi) is 1.77. The first-order chi connectivity index (χ1) is 6.31. The van der Waals surface area contributed by atoms with E-state index in [1.165, 1.54) is 18.3 Å². The first-order valence-corrected chi connectivity index (χ1v) is 3.81. The van der Waals surface area contributed by atoms with Crippen LogP contribution in [-0.4, -0.2) is 11.3 Å². The number of carbonyl (C=O) groups is 1. The van der Waals surface area contributed by atoms with Crippen LogP contribution in [0.3, 0.4) is 0 Å². The molecule has 0 unspecified atom stereocenters. The molecule has 1 aromatic carbocycles. The van der Waals surface area contributed by atoms with Gasteiger partial charge in [-0.1, -0.05) is 0 Å². The molecule has 2 aromatic rings. The lowest BCUT2D eigenvalue weighted by Gasteiger charge is -1.98. The van der Waals surface area contributed by atoms with Crippen molar-refractivity contribution in [3.8, 4) is 0 Å². The molecule has 2 nitrogen and oxygen atoms in total. The summed E-state index contributed by atoms with van der Waals surface area (Å²) in [5, 5.41) is 1.37. The molecule has 0 fully saturated rings. The molecule has 0 aliphatic rings. The Hall–Kier alpha value is -1.77. The maximum atomic E-state index is 12.8. The van der Waals surface area contributed by atoms with Gasteiger partial charge in [-0.05, 0) is 29.7 Å². The van der Waals surface area contributed by atoms with Gasteiger partial charge in [-0.25, -0.2) is 4.39 Å². The normalized spacial score (nSPS) is 10.2. The Balaban J connectivity index is 2.84. The van der Waals surface area contributed by atoms with Crippen molar-refractivity contribution in [2.45, 2.75) is 0 Å². The van der Waals surface area contributed by atoms with Gasteiger partial charge in [-0.2, -0.15) is 0 Å². The van der Waals surface area contributed by atoms with E-state index in [0.717, 1.165) is 0 Å². The fraction of sp³-hybridized carbons (Fsp3) is 0. The third-order valence-corrected chi connectivity index (χ3v) is 1.87. The highest BCUT2D eigenvalue weighted by Gasteiger charge is 2.01. The Morgan fingerprint density at radius 3 is 2.92 bits per heavy atom. The molecule has 0 spiro atoms. The molecule has 0 N–H and O–H groups in total. The van der Waals surface area contributed by atoms with Crippen LogP contribution in [0.4, 0.5) is 4.39 Å².